The molecule has 0 aromatic carbocycles. The van der Waals surface area contributed by atoms with Gasteiger partial charge in [-0.05, 0) is 0 Å². The molecule has 1 aromatic rings. The number of hydrogen-bond donors (Lipinski definition) is 1. The number of hydrogen-bond acceptors (Lipinski definition) is 5. The van der Waals surface area contributed by atoms with Crippen molar-refractivity contribution in [1.82, 2.24) is 0 Å². The Morgan fingerprint density at radius 3 is 2.85 bits per heavy atom. The Morgan fingerprint density at radius 1 is 1.46 bits per heavy atom. The second-order valence-corrected chi connectivity index (χ2v) is 2.62. The molecule has 0 bridgehead atoms. The fraction of sp³-hybridized carbons (Fsp3) is 0.250. The van der Waals surface area contributed by atoms with Gasteiger partial charge < -0.3 is 14.3 Å². The van der Waals surface area contributed by atoms with Gasteiger partial charge in [0.05, 0.1) is 6.61 Å². The SMILES string of the molecule is O=Cc1oc2c(c1O)C(=O)CCO2. The number of carbonyl (C=O) groups is 2. The number of rotatable bonds is 1. The Kier molecular flexibility index (Phi) is 1.58. The Hall–Kier alpha value is -1.78. The van der Waals surface area contributed by atoms with Gasteiger partial charge in [-0.3, -0.25) is 9.59 Å². The third-order valence-corrected chi connectivity index (χ3v) is 1.83. The molecule has 0 aliphatic carbocycles. The molecule has 5 heteroatoms. The number of furan rings is 1. The first-order valence-electron chi connectivity index (χ1n) is 3.71. The second kappa shape index (κ2) is 2.62. The molecule has 0 radical (unpaired) electrons. The molecule has 1 aliphatic rings. The zero-order chi connectivity index (χ0) is 9.42. The number of carbonyl (C=O) groups excluding carboxylic acids is 2. The van der Waals surface area contributed by atoms with Gasteiger partial charge in [0, 0.05) is 6.42 Å². The molecular weight excluding hydrogens is 176 g/mol. The Morgan fingerprint density at radius 2 is 2.23 bits per heavy atom. The number of Topliss-reactive ketones (excluding diaryl/α,β-unsaturated/α-hetero) is 1. The van der Waals surface area contributed by atoms with E-state index in [1.807, 2.05) is 0 Å². The lowest BCUT2D eigenvalue weighted by Crippen LogP contribution is -2.13. The van der Waals surface area contributed by atoms with Crippen molar-refractivity contribution in [3.05, 3.63) is 11.3 Å². The summed E-state index contributed by atoms with van der Waals surface area (Å²) in [6.45, 7) is 0.219. The molecule has 13 heavy (non-hydrogen) atoms. The van der Waals surface area contributed by atoms with Crippen LogP contribution in [0, 0.1) is 0 Å². The molecule has 1 aliphatic heterocycles. The minimum absolute atomic E-state index is 0.0200. The van der Waals surface area contributed by atoms with Crippen LogP contribution in [0.25, 0.3) is 0 Å². The van der Waals surface area contributed by atoms with Gasteiger partial charge in [0.15, 0.2) is 17.8 Å². The smallest absolute Gasteiger partial charge is 0.300 e. The lowest BCUT2D eigenvalue weighted by molar-refractivity contribution is 0.0907. The molecule has 1 aromatic heterocycles. The minimum Gasteiger partial charge on any atom is -0.503 e. The van der Waals surface area contributed by atoms with E-state index in [1.165, 1.54) is 0 Å². The quantitative estimate of drug-likeness (QED) is 0.649. The van der Waals surface area contributed by atoms with E-state index in [2.05, 4.69) is 0 Å². The van der Waals surface area contributed by atoms with Crippen molar-refractivity contribution >= 4 is 12.1 Å². The summed E-state index contributed by atoms with van der Waals surface area (Å²) in [4.78, 5) is 21.6. The lowest BCUT2D eigenvalue weighted by Gasteiger charge is -2.09. The molecule has 0 spiro atoms. The van der Waals surface area contributed by atoms with Crippen LogP contribution in [0.4, 0.5) is 0 Å². The van der Waals surface area contributed by atoms with E-state index in [-0.39, 0.29) is 36.1 Å². The average molecular weight is 182 g/mol. The highest BCUT2D eigenvalue weighted by atomic mass is 16.6. The second-order valence-electron chi connectivity index (χ2n) is 2.62. The fourth-order valence-electron chi connectivity index (χ4n) is 1.21. The lowest BCUT2D eigenvalue weighted by atomic mass is 10.1. The molecule has 0 saturated heterocycles. The van der Waals surface area contributed by atoms with Crippen molar-refractivity contribution in [2.24, 2.45) is 0 Å². The highest BCUT2D eigenvalue weighted by Crippen LogP contribution is 2.37. The van der Waals surface area contributed by atoms with Gasteiger partial charge in [0.2, 0.25) is 5.76 Å². The molecule has 0 saturated carbocycles. The predicted molar refractivity (Wildman–Crippen MR) is 40.2 cm³/mol. The first kappa shape index (κ1) is 7.85. The summed E-state index contributed by atoms with van der Waals surface area (Å²) in [6, 6.07) is 0. The molecule has 0 amide bonds. The van der Waals surface area contributed by atoms with E-state index >= 15 is 0 Å². The molecule has 0 fully saturated rings. The maximum absolute atomic E-state index is 11.2. The number of aromatic hydroxyl groups is 1. The average Bonchev–Trinajstić information content (AvgIpc) is 2.44. The number of fused-ring (bicyclic) bond motifs is 1. The van der Waals surface area contributed by atoms with Gasteiger partial charge in [0.1, 0.15) is 5.56 Å². The monoisotopic (exact) mass is 182 g/mol. The summed E-state index contributed by atoms with van der Waals surface area (Å²) in [5.41, 5.74) is -0.0200. The number of aldehydes is 1. The van der Waals surface area contributed by atoms with E-state index in [0.29, 0.717) is 6.29 Å². The van der Waals surface area contributed by atoms with Crippen LogP contribution in [-0.2, 0) is 0 Å². The maximum atomic E-state index is 11.2. The van der Waals surface area contributed by atoms with Gasteiger partial charge >= 0.3 is 0 Å². The third kappa shape index (κ3) is 1.00. The highest BCUT2D eigenvalue weighted by Gasteiger charge is 2.29. The molecule has 0 unspecified atom stereocenters. The zero-order valence-corrected chi connectivity index (χ0v) is 6.57. The molecule has 2 rings (SSSR count). The molecule has 0 atom stereocenters. The van der Waals surface area contributed by atoms with Crippen molar-refractivity contribution in [3.8, 4) is 11.7 Å². The standard InChI is InChI=1S/C8H6O5/c9-3-5-7(11)6-4(10)1-2-12-8(6)13-5/h3,11H,1-2H2. The first-order valence-corrected chi connectivity index (χ1v) is 3.71. The van der Waals surface area contributed by atoms with Crippen LogP contribution in [0.15, 0.2) is 4.42 Å². The third-order valence-electron chi connectivity index (χ3n) is 1.83. The summed E-state index contributed by atoms with van der Waals surface area (Å²) in [7, 11) is 0. The molecule has 2 heterocycles. The van der Waals surface area contributed by atoms with Crippen molar-refractivity contribution < 1.29 is 23.8 Å². The van der Waals surface area contributed by atoms with Crippen LogP contribution >= 0.6 is 0 Å². The summed E-state index contributed by atoms with van der Waals surface area (Å²) in [6.07, 6.45) is 0.530. The fourth-order valence-corrected chi connectivity index (χ4v) is 1.21. The van der Waals surface area contributed by atoms with Crippen LogP contribution in [0.3, 0.4) is 0 Å². The number of ketones is 1. The summed E-state index contributed by atoms with van der Waals surface area (Å²) in [5.74, 6) is -1.01. The van der Waals surface area contributed by atoms with Crippen LogP contribution in [0.2, 0.25) is 0 Å². The van der Waals surface area contributed by atoms with E-state index < -0.39 is 5.75 Å². The molecule has 5 nitrogen and oxygen atoms in total. The normalized spacial score (nSPS) is 14.9. The van der Waals surface area contributed by atoms with E-state index in [4.69, 9.17) is 9.15 Å². The molecule has 68 valence electrons. The zero-order valence-electron chi connectivity index (χ0n) is 6.57. The molecular formula is C8H6O5. The predicted octanol–water partition coefficient (Wildman–Crippen LogP) is 0.763. The van der Waals surface area contributed by atoms with Gasteiger partial charge in [-0.15, -0.1) is 0 Å². The number of ether oxygens (including phenoxy) is 1. The van der Waals surface area contributed by atoms with E-state index in [1.54, 1.807) is 0 Å². The summed E-state index contributed by atoms with van der Waals surface area (Å²) < 4.78 is 9.75. The van der Waals surface area contributed by atoms with Gasteiger partial charge in [0.25, 0.3) is 5.95 Å². The van der Waals surface area contributed by atoms with Crippen LogP contribution in [0.5, 0.6) is 11.7 Å². The van der Waals surface area contributed by atoms with Crippen LogP contribution in [0.1, 0.15) is 27.3 Å². The van der Waals surface area contributed by atoms with Gasteiger partial charge in [-0.2, -0.15) is 0 Å². The van der Waals surface area contributed by atoms with Gasteiger partial charge in [-0.25, -0.2) is 0 Å². The maximum Gasteiger partial charge on any atom is 0.300 e. The summed E-state index contributed by atoms with van der Waals surface area (Å²) in [5, 5.41) is 9.32. The van der Waals surface area contributed by atoms with Crippen LogP contribution in [-0.4, -0.2) is 23.8 Å². The Bertz CT molecular complexity index is 376. The van der Waals surface area contributed by atoms with Crippen molar-refractivity contribution in [1.29, 1.82) is 0 Å². The summed E-state index contributed by atoms with van der Waals surface area (Å²) >= 11 is 0. The Balaban J connectivity index is 2.61. The largest absolute Gasteiger partial charge is 0.503 e. The topological polar surface area (TPSA) is 76.7 Å². The van der Waals surface area contributed by atoms with Gasteiger partial charge in [-0.1, -0.05) is 0 Å². The first-order chi connectivity index (χ1) is 6.24. The van der Waals surface area contributed by atoms with Crippen LogP contribution < -0.4 is 4.74 Å². The minimum atomic E-state index is -0.422. The highest BCUT2D eigenvalue weighted by molar-refractivity contribution is 6.03. The molecule has 1 N–H and O–H groups in total. The van der Waals surface area contributed by atoms with Crippen molar-refractivity contribution in [2.75, 3.05) is 6.61 Å². The Labute approximate surface area is 72.9 Å². The van der Waals surface area contributed by atoms with E-state index in [9.17, 15) is 14.7 Å². The van der Waals surface area contributed by atoms with E-state index in [0.717, 1.165) is 0 Å². The van der Waals surface area contributed by atoms with Crippen molar-refractivity contribution in [3.63, 3.8) is 0 Å². The van der Waals surface area contributed by atoms with Crippen molar-refractivity contribution in [2.45, 2.75) is 6.42 Å².